The third-order valence-corrected chi connectivity index (χ3v) is 7.12. The number of carbonyl (C=O) groups excluding carboxylic acids is 1. The second-order valence-corrected chi connectivity index (χ2v) is 10.1. The fraction of sp³-hybridized carbons (Fsp3) is 0.360. The van der Waals surface area contributed by atoms with Gasteiger partial charge in [-0.2, -0.15) is 5.26 Å². The highest BCUT2D eigenvalue weighted by atomic mass is 32.1. The Morgan fingerprint density at radius 3 is 2.73 bits per heavy atom. The summed E-state index contributed by atoms with van der Waals surface area (Å²) in [5.74, 6) is 1.00. The Morgan fingerprint density at radius 2 is 2.00 bits per heavy atom. The number of amides is 1. The first-order valence-corrected chi connectivity index (χ1v) is 11.1. The maximum absolute atomic E-state index is 12.5. The van der Waals surface area contributed by atoms with Gasteiger partial charge < -0.3 is 10.1 Å². The van der Waals surface area contributed by atoms with Crippen LogP contribution in [0.5, 0.6) is 5.75 Å². The van der Waals surface area contributed by atoms with E-state index in [0.29, 0.717) is 22.2 Å². The van der Waals surface area contributed by atoms with Gasteiger partial charge in [-0.15, -0.1) is 11.3 Å². The van der Waals surface area contributed by atoms with Crippen molar-refractivity contribution in [2.24, 2.45) is 11.3 Å². The molecule has 30 heavy (non-hydrogen) atoms. The van der Waals surface area contributed by atoms with E-state index in [0.717, 1.165) is 35.6 Å². The van der Waals surface area contributed by atoms with Crippen molar-refractivity contribution < 1.29 is 9.53 Å². The summed E-state index contributed by atoms with van der Waals surface area (Å²) in [5.41, 5.74) is 1.99. The van der Waals surface area contributed by atoms with Gasteiger partial charge in [0.15, 0.2) is 6.61 Å². The summed E-state index contributed by atoms with van der Waals surface area (Å²) in [6.45, 7) is 6.73. The van der Waals surface area contributed by atoms with Gasteiger partial charge in [0.1, 0.15) is 16.8 Å². The van der Waals surface area contributed by atoms with Gasteiger partial charge in [-0.25, -0.2) is 0 Å². The van der Waals surface area contributed by atoms with Crippen molar-refractivity contribution in [1.29, 1.82) is 5.26 Å². The van der Waals surface area contributed by atoms with E-state index in [1.807, 2.05) is 42.5 Å². The van der Waals surface area contributed by atoms with Crippen LogP contribution in [-0.2, 0) is 17.6 Å². The number of rotatable bonds is 4. The Bertz CT molecular complexity index is 1130. The zero-order valence-electron chi connectivity index (χ0n) is 17.6. The van der Waals surface area contributed by atoms with Crippen LogP contribution in [0.1, 0.15) is 43.2 Å². The summed E-state index contributed by atoms with van der Waals surface area (Å²) in [6.07, 6.45) is 2.96. The number of benzene rings is 2. The Labute approximate surface area is 181 Å². The minimum atomic E-state index is -0.245. The number of hydrogen-bond donors (Lipinski definition) is 1. The second-order valence-electron chi connectivity index (χ2n) is 8.97. The van der Waals surface area contributed by atoms with Crippen molar-refractivity contribution in [2.45, 2.75) is 40.0 Å². The number of hydrogen-bond acceptors (Lipinski definition) is 4. The molecule has 3 aromatic rings. The molecule has 1 aliphatic carbocycles. The van der Waals surface area contributed by atoms with E-state index in [4.69, 9.17) is 4.74 Å². The molecule has 0 spiro atoms. The van der Waals surface area contributed by atoms with Crippen molar-refractivity contribution >= 4 is 33.0 Å². The predicted octanol–water partition coefficient (Wildman–Crippen LogP) is 5.94. The smallest absolute Gasteiger partial charge is 0.262 e. The van der Waals surface area contributed by atoms with Gasteiger partial charge >= 0.3 is 0 Å². The Balaban J connectivity index is 1.44. The Hall–Kier alpha value is -2.84. The molecular weight excluding hydrogens is 392 g/mol. The normalized spacial score (nSPS) is 16.0. The number of carbonyl (C=O) groups is 1. The third-order valence-electron chi connectivity index (χ3n) is 5.95. The van der Waals surface area contributed by atoms with Gasteiger partial charge in [0.05, 0.1) is 5.56 Å². The van der Waals surface area contributed by atoms with Crippen LogP contribution in [0.25, 0.3) is 10.8 Å². The van der Waals surface area contributed by atoms with Gasteiger partial charge in [-0.1, -0.05) is 51.1 Å². The summed E-state index contributed by atoms with van der Waals surface area (Å²) in [7, 11) is 0. The fourth-order valence-electron chi connectivity index (χ4n) is 4.10. The lowest BCUT2D eigenvalue weighted by Crippen LogP contribution is -2.26. The highest BCUT2D eigenvalue weighted by Gasteiger charge is 2.32. The highest BCUT2D eigenvalue weighted by molar-refractivity contribution is 7.16. The van der Waals surface area contributed by atoms with Crippen molar-refractivity contribution in [1.82, 2.24) is 0 Å². The zero-order chi connectivity index (χ0) is 21.3. The molecule has 154 valence electrons. The van der Waals surface area contributed by atoms with Gasteiger partial charge in [-0.05, 0) is 59.1 Å². The monoisotopic (exact) mass is 418 g/mol. The number of thiophene rings is 1. The molecule has 1 atom stereocenters. The molecule has 0 fully saturated rings. The SMILES string of the molecule is CC(C)(C)[C@@H]1CCc2c(sc(NC(=O)COc3ccc4ccccc4c3)c2C#N)C1. The molecule has 1 aromatic heterocycles. The lowest BCUT2D eigenvalue weighted by molar-refractivity contribution is -0.118. The van der Waals surface area contributed by atoms with Crippen LogP contribution in [0.2, 0.25) is 0 Å². The molecular formula is C25H26N2O2S. The Morgan fingerprint density at radius 1 is 1.23 bits per heavy atom. The average molecular weight is 419 g/mol. The summed E-state index contributed by atoms with van der Waals surface area (Å²) >= 11 is 1.55. The van der Waals surface area contributed by atoms with Gasteiger partial charge in [0.2, 0.25) is 0 Å². The van der Waals surface area contributed by atoms with Gasteiger partial charge in [-0.3, -0.25) is 4.79 Å². The molecule has 0 unspecified atom stereocenters. The van der Waals surface area contributed by atoms with Crippen molar-refractivity contribution in [2.75, 3.05) is 11.9 Å². The summed E-state index contributed by atoms with van der Waals surface area (Å²) < 4.78 is 5.70. The topological polar surface area (TPSA) is 62.1 Å². The number of anilines is 1. The highest BCUT2D eigenvalue weighted by Crippen LogP contribution is 2.43. The first kappa shape index (κ1) is 20.4. The number of fused-ring (bicyclic) bond motifs is 2. The standard InChI is InChI=1S/C25H26N2O2S/c1-25(2,3)18-9-11-20-21(14-26)24(30-22(20)13-18)27-23(28)15-29-19-10-8-16-6-4-5-7-17(16)12-19/h4-8,10,12,18H,9,11,13,15H2,1-3H3,(H,27,28)/t18-/m1/s1. The number of nitrogens with one attached hydrogen (secondary N) is 1. The number of nitriles is 1. The van der Waals surface area contributed by atoms with Crippen LogP contribution in [0.4, 0.5) is 5.00 Å². The molecule has 0 bridgehead atoms. The van der Waals surface area contributed by atoms with Crippen molar-refractivity contribution in [3.63, 3.8) is 0 Å². The maximum atomic E-state index is 12.5. The number of nitrogens with zero attached hydrogens (tertiary/aromatic N) is 1. The molecule has 0 saturated heterocycles. The first-order valence-electron chi connectivity index (χ1n) is 10.3. The lowest BCUT2D eigenvalue weighted by Gasteiger charge is -2.33. The minimum Gasteiger partial charge on any atom is -0.484 e. The van der Waals surface area contributed by atoms with E-state index in [1.165, 1.54) is 4.88 Å². The van der Waals surface area contributed by atoms with Gasteiger partial charge in [0, 0.05) is 4.88 Å². The summed E-state index contributed by atoms with van der Waals surface area (Å²) in [4.78, 5) is 13.8. The molecule has 1 heterocycles. The quantitative estimate of drug-likeness (QED) is 0.570. The van der Waals surface area contributed by atoms with E-state index in [9.17, 15) is 10.1 Å². The molecule has 0 radical (unpaired) electrons. The summed E-state index contributed by atoms with van der Waals surface area (Å²) in [5, 5.41) is 15.5. The van der Waals surface area contributed by atoms with Crippen molar-refractivity contribution in [3.8, 4) is 11.8 Å². The van der Waals surface area contributed by atoms with E-state index in [1.54, 1.807) is 11.3 Å². The molecule has 1 amide bonds. The zero-order valence-corrected chi connectivity index (χ0v) is 18.4. The molecule has 1 aliphatic rings. The van der Waals surface area contributed by atoms with Crippen LogP contribution in [0, 0.1) is 22.7 Å². The largest absolute Gasteiger partial charge is 0.484 e. The van der Waals surface area contributed by atoms with Crippen LogP contribution < -0.4 is 10.1 Å². The average Bonchev–Trinajstić information content (AvgIpc) is 3.07. The second kappa shape index (κ2) is 8.12. The molecule has 0 aliphatic heterocycles. The fourth-order valence-corrected chi connectivity index (χ4v) is 5.39. The minimum absolute atomic E-state index is 0.0869. The number of ether oxygens (including phenoxy) is 1. The molecule has 1 N–H and O–H groups in total. The van der Waals surface area contributed by atoms with E-state index >= 15 is 0 Å². The van der Waals surface area contributed by atoms with Crippen LogP contribution in [-0.4, -0.2) is 12.5 Å². The van der Waals surface area contributed by atoms with Crippen LogP contribution in [0.15, 0.2) is 42.5 Å². The summed E-state index contributed by atoms with van der Waals surface area (Å²) in [6, 6.07) is 16.1. The molecule has 0 saturated carbocycles. The maximum Gasteiger partial charge on any atom is 0.262 e. The van der Waals surface area contributed by atoms with E-state index < -0.39 is 0 Å². The van der Waals surface area contributed by atoms with E-state index in [-0.39, 0.29) is 17.9 Å². The Kier molecular flexibility index (Phi) is 5.53. The third kappa shape index (κ3) is 4.20. The molecule has 4 nitrogen and oxygen atoms in total. The first-order chi connectivity index (χ1) is 14.3. The molecule has 4 rings (SSSR count). The molecule has 5 heteroatoms. The lowest BCUT2D eigenvalue weighted by atomic mass is 9.72. The van der Waals surface area contributed by atoms with Crippen LogP contribution in [0.3, 0.4) is 0 Å². The van der Waals surface area contributed by atoms with Crippen LogP contribution >= 0.6 is 11.3 Å². The van der Waals surface area contributed by atoms with Crippen molar-refractivity contribution in [3.05, 3.63) is 58.5 Å². The van der Waals surface area contributed by atoms with E-state index in [2.05, 4.69) is 32.2 Å². The molecule has 2 aromatic carbocycles. The van der Waals surface area contributed by atoms with Gasteiger partial charge in [0.25, 0.3) is 5.91 Å². The predicted molar refractivity (Wildman–Crippen MR) is 122 cm³/mol.